The zero-order valence-electron chi connectivity index (χ0n) is 16.5. The number of nitrogens with one attached hydrogen (secondary N) is 1. The van der Waals surface area contributed by atoms with Gasteiger partial charge in [0.25, 0.3) is 0 Å². The van der Waals surface area contributed by atoms with Crippen LogP contribution >= 0.6 is 0 Å². The fourth-order valence-electron chi connectivity index (χ4n) is 3.28. The molecule has 1 saturated heterocycles. The average molecular weight is 386 g/mol. The van der Waals surface area contributed by atoms with E-state index in [9.17, 15) is 4.79 Å². The van der Waals surface area contributed by atoms with E-state index in [4.69, 9.17) is 14.2 Å². The first-order chi connectivity index (χ1) is 13.7. The van der Waals surface area contributed by atoms with Crippen molar-refractivity contribution in [2.24, 2.45) is 0 Å². The molecule has 1 aliphatic rings. The van der Waals surface area contributed by atoms with Gasteiger partial charge in [0.05, 0.1) is 21.3 Å². The highest BCUT2D eigenvalue weighted by molar-refractivity contribution is 5.89. The highest BCUT2D eigenvalue weighted by atomic mass is 16.5. The largest absolute Gasteiger partial charge is 0.493 e. The number of rotatable bonds is 6. The van der Waals surface area contributed by atoms with Crippen LogP contribution < -0.4 is 19.5 Å². The lowest BCUT2D eigenvalue weighted by Gasteiger charge is -2.35. The van der Waals surface area contributed by atoms with Crippen molar-refractivity contribution in [1.82, 2.24) is 14.8 Å². The molecule has 3 rings (SSSR count). The molecule has 0 saturated carbocycles. The minimum Gasteiger partial charge on any atom is -0.493 e. The number of carbonyl (C=O) groups is 1. The van der Waals surface area contributed by atoms with Gasteiger partial charge in [-0.1, -0.05) is 6.07 Å². The standard InChI is InChI=1S/C20H26N4O4/c1-26-17-5-4-15(18(27-2)19(17)28-3)14-23-10-12-24(13-11-23)20(25)22-16-6-8-21-9-7-16/h4-9H,10-14H2,1-3H3,(H,21,22,25). The lowest BCUT2D eigenvalue weighted by atomic mass is 10.1. The summed E-state index contributed by atoms with van der Waals surface area (Å²) in [5, 5.41) is 2.90. The van der Waals surface area contributed by atoms with E-state index in [1.807, 2.05) is 17.0 Å². The van der Waals surface area contributed by atoms with Crippen LogP contribution in [0.4, 0.5) is 10.5 Å². The van der Waals surface area contributed by atoms with Crippen molar-refractivity contribution in [3.05, 3.63) is 42.2 Å². The summed E-state index contributed by atoms with van der Waals surface area (Å²) >= 11 is 0. The number of hydrogen-bond donors (Lipinski definition) is 1. The van der Waals surface area contributed by atoms with E-state index >= 15 is 0 Å². The quantitative estimate of drug-likeness (QED) is 0.822. The van der Waals surface area contributed by atoms with Gasteiger partial charge in [0.2, 0.25) is 5.75 Å². The zero-order chi connectivity index (χ0) is 19.9. The Labute approximate surface area is 165 Å². The zero-order valence-corrected chi connectivity index (χ0v) is 16.5. The molecule has 0 radical (unpaired) electrons. The van der Waals surface area contributed by atoms with Crippen LogP contribution in [0.3, 0.4) is 0 Å². The van der Waals surface area contributed by atoms with Gasteiger partial charge in [-0.3, -0.25) is 9.88 Å². The van der Waals surface area contributed by atoms with E-state index in [0.29, 0.717) is 36.9 Å². The summed E-state index contributed by atoms with van der Waals surface area (Å²) in [6, 6.07) is 7.34. The maximum Gasteiger partial charge on any atom is 0.321 e. The van der Waals surface area contributed by atoms with Crippen molar-refractivity contribution in [3.63, 3.8) is 0 Å². The number of ether oxygens (including phenoxy) is 3. The third kappa shape index (κ3) is 4.45. The smallest absolute Gasteiger partial charge is 0.321 e. The van der Waals surface area contributed by atoms with Crippen molar-refractivity contribution in [2.45, 2.75) is 6.54 Å². The molecule has 1 fully saturated rings. The number of hydrogen-bond acceptors (Lipinski definition) is 6. The van der Waals surface area contributed by atoms with E-state index in [1.165, 1.54) is 0 Å². The highest BCUT2D eigenvalue weighted by Gasteiger charge is 2.23. The Morgan fingerprint density at radius 3 is 2.25 bits per heavy atom. The third-order valence-corrected chi connectivity index (χ3v) is 4.77. The molecule has 1 N–H and O–H groups in total. The Hall–Kier alpha value is -3.00. The molecule has 1 aromatic heterocycles. The molecular weight excluding hydrogens is 360 g/mol. The second kappa shape index (κ2) is 9.27. The van der Waals surface area contributed by atoms with Crippen LogP contribution in [0.5, 0.6) is 17.2 Å². The average Bonchev–Trinajstić information content (AvgIpc) is 2.74. The monoisotopic (exact) mass is 386 g/mol. The van der Waals surface area contributed by atoms with E-state index in [1.54, 1.807) is 45.9 Å². The molecule has 28 heavy (non-hydrogen) atoms. The van der Waals surface area contributed by atoms with Gasteiger partial charge in [-0.2, -0.15) is 0 Å². The van der Waals surface area contributed by atoms with Crippen molar-refractivity contribution in [2.75, 3.05) is 52.8 Å². The van der Waals surface area contributed by atoms with Crippen molar-refractivity contribution in [3.8, 4) is 17.2 Å². The first-order valence-electron chi connectivity index (χ1n) is 9.12. The van der Waals surface area contributed by atoms with E-state index in [2.05, 4.69) is 15.2 Å². The van der Waals surface area contributed by atoms with Gasteiger partial charge in [-0.05, 0) is 18.2 Å². The normalized spacial score (nSPS) is 14.5. The van der Waals surface area contributed by atoms with Crippen LogP contribution in [0, 0.1) is 0 Å². The maximum atomic E-state index is 12.4. The number of nitrogens with zero attached hydrogens (tertiary/aromatic N) is 3. The number of benzene rings is 1. The Bertz CT molecular complexity index is 792. The van der Waals surface area contributed by atoms with E-state index in [0.717, 1.165) is 24.3 Å². The number of aromatic nitrogens is 1. The second-order valence-corrected chi connectivity index (χ2v) is 6.42. The summed E-state index contributed by atoms with van der Waals surface area (Å²) in [5.41, 5.74) is 1.77. The minimum absolute atomic E-state index is 0.0884. The molecule has 150 valence electrons. The molecule has 1 aromatic carbocycles. The van der Waals surface area contributed by atoms with Crippen LogP contribution in [0.25, 0.3) is 0 Å². The molecule has 0 atom stereocenters. The first kappa shape index (κ1) is 19.8. The lowest BCUT2D eigenvalue weighted by molar-refractivity contribution is 0.142. The summed E-state index contributed by atoms with van der Waals surface area (Å²) in [5.74, 6) is 1.92. The SMILES string of the molecule is COc1ccc(CN2CCN(C(=O)Nc3ccncc3)CC2)c(OC)c1OC. The van der Waals surface area contributed by atoms with Crippen LogP contribution in [0.2, 0.25) is 0 Å². The summed E-state index contributed by atoms with van der Waals surface area (Å²) < 4.78 is 16.4. The van der Waals surface area contributed by atoms with Crippen LogP contribution in [0.1, 0.15) is 5.56 Å². The lowest BCUT2D eigenvalue weighted by Crippen LogP contribution is -2.49. The van der Waals surface area contributed by atoms with Crippen LogP contribution in [-0.4, -0.2) is 68.3 Å². The summed E-state index contributed by atoms with van der Waals surface area (Å²) in [7, 11) is 4.83. The van der Waals surface area contributed by atoms with E-state index in [-0.39, 0.29) is 6.03 Å². The van der Waals surface area contributed by atoms with Gasteiger partial charge in [0.1, 0.15) is 0 Å². The van der Waals surface area contributed by atoms with Gasteiger partial charge < -0.3 is 24.4 Å². The predicted octanol–water partition coefficient (Wildman–Crippen LogP) is 2.46. The molecule has 0 aliphatic carbocycles. The topological polar surface area (TPSA) is 76.2 Å². The molecule has 2 aromatic rings. The highest BCUT2D eigenvalue weighted by Crippen LogP contribution is 2.40. The molecule has 0 spiro atoms. The molecule has 8 nitrogen and oxygen atoms in total. The molecule has 8 heteroatoms. The summed E-state index contributed by atoms with van der Waals surface area (Å²) in [6.45, 7) is 3.59. The number of carbonyl (C=O) groups excluding carboxylic acids is 1. The predicted molar refractivity (Wildman–Crippen MR) is 106 cm³/mol. The van der Waals surface area contributed by atoms with Gasteiger partial charge in [0, 0.05) is 56.4 Å². The molecule has 2 amide bonds. The number of amides is 2. The maximum absolute atomic E-state index is 12.4. The van der Waals surface area contributed by atoms with Gasteiger partial charge in [-0.15, -0.1) is 0 Å². The molecular formula is C20H26N4O4. The molecule has 0 bridgehead atoms. The molecule has 0 unspecified atom stereocenters. The van der Waals surface area contributed by atoms with Gasteiger partial charge in [-0.25, -0.2) is 4.79 Å². The second-order valence-electron chi connectivity index (χ2n) is 6.42. The van der Waals surface area contributed by atoms with Crippen molar-refractivity contribution >= 4 is 11.7 Å². The van der Waals surface area contributed by atoms with Crippen LogP contribution in [-0.2, 0) is 6.54 Å². The van der Waals surface area contributed by atoms with Crippen LogP contribution in [0.15, 0.2) is 36.7 Å². The number of pyridine rings is 1. The first-order valence-corrected chi connectivity index (χ1v) is 9.12. The van der Waals surface area contributed by atoms with Gasteiger partial charge >= 0.3 is 6.03 Å². The van der Waals surface area contributed by atoms with E-state index < -0.39 is 0 Å². The number of piperazine rings is 1. The Morgan fingerprint density at radius 2 is 1.64 bits per heavy atom. The fourth-order valence-corrected chi connectivity index (χ4v) is 3.28. The van der Waals surface area contributed by atoms with Gasteiger partial charge in [0.15, 0.2) is 11.5 Å². The summed E-state index contributed by atoms with van der Waals surface area (Å²) in [4.78, 5) is 20.5. The Morgan fingerprint density at radius 1 is 0.964 bits per heavy atom. The third-order valence-electron chi connectivity index (χ3n) is 4.77. The van der Waals surface area contributed by atoms with Crippen molar-refractivity contribution < 1.29 is 19.0 Å². The summed E-state index contributed by atoms with van der Waals surface area (Å²) in [6.07, 6.45) is 3.31. The fraction of sp³-hybridized carbons (Fsp3) is 0.400. The Kier molecular flexibility index (Phi) is 6.54. The van der Waals surface area contributed by atoms with Crippen molar-refractivity contribution in [1.29, 1.82) is 0 Å². The number of anilines is 1. The number of methoxy groups -OCH3 is 3. The number of urea groups is 1. The minimum atomic E-state index is -0.0884. The Balaban J connectivity index is 1.59. The molecule has 2 heterocycles. The molecule has 1 aliphatic heterocycles.